The minimum atomic E-state index is -1.19. The number of nitrogens with one attached hydrogen (secondary N) is 2. The Hall–Kier alpha value is -3.42. The number of benzene rings is 1. The molecule has 8 heteroatoms. The summed E-state index contributed by atoms with van der Waals surface area (Å²) in [6, 6.07) is 11.2. The third kappa shape index (κ3) is 3.57. The largest absolute Gasteiger partial charge is 0.480 e. The van der Waals surface area contributed by atoms with E-state index in [1.807, 2.05) is 30.3 Å². The summed E-state index contributed by atoms with van der Waals surface area (Å²) >= 11 is 0. The highest BCUT2D eigenvalue weighted by Gasteiger charge is 2.19. The van der Waals surface area contributed by atoms with Crippen LogP contribution in [0.15, 0.2) is 47.5 Å². The zero-order valence-electron chi connectivity index (χ0n) is 13.2. The van der Waals surface area contributed by atoms with Crippen LogP contribution in [0.2, 0.25) is 0 Å². The highest BCUT2D eigenvalue weighted by molar-refractivity contribution is 6.00. The van der Waals surface area contributed by atoms with Crippen molar-refractivity contribution in [2.75, 3.05) is 6.54 Å². The van der Waals surface area contributed by atoms with Crippen LogP contribution in [-0.2, 0) is 17.6 Å². The molecule has 1 amide bonds. The van der Waals surface area contributed by atoms with Crippen molar-refractivity contribution in [3.05, 3.63) is 69.8 Å². The van der Waals surface area contributed by atoms with E-state index >= 15 is 0 Å². The van der Waals surface area contributed by atoms with Crippen LogP contribution in [0.25, 0.3) is 5.65 Å². The number of pyridine rings is 1. The lowest BCUT2D eigenvalue weighted by Gasteiger charge is -2.08. The van der Waals surface area contributed by atoms with Crippen LogP contribution in [0, 0.1) is 0 Å². The normalized spacial score (nSPS) is 10.7. The molecule has 1 aromatic carbocycles. The van der Waals surface area contributed by atoms with Crippen LogP contribution < -0.4 is 10.7 Å². The topological polar surface area (TPSA) is 117 Å². The Bertz CT molecular complexity index is 975. The lowest BCUT2D eigenvalue weighted by Crippen LogP contribution is -2.33. The van der Waals surface area contributed by atoms with Gasteiger partial charge in [0.1, 0.15) is 18.4 Å². The van der Waals surface area contributed by atoms with E-state index in [0.29, 0.717) is 12.1 Å². The number of aliphatic carboxylic acids is 1. The highest BCUT2D eigenvalue weighted by atomic mass is 16.4. The van der Waals surface area contributed by atoms with E-state index in [9.17, 15) is 14.4 Å². The Morgan fingerprint density at radius 2 is 1.96 bits per heavy atom. The minimum absolute atomic E-state index is 0.175. The average molecular weight is 340 g/mol. The van der Waals surface area contributed by atoms with Gasteiger partial charge in [-0.1, -0.05) is 30.3 Å². The second-order valence-corrected chi connectivity index (χ2v) is 5.48. The van der Waals surface area contributed by atoms with Gasteiger partial charge in [0.15, 0.2) is 11.1 Å². The van der Waals surface area contributed by atoms with Crippen LogP contribution in [0.5, 0.6) is 0 Å². The fraction of sp³-hybridized carbons (Fsp3) is 0.176. The smallest absolute Gasteiger partial charge is 0.322 e. The lowest BCUT2D eigenvalue weighted by atomic mass is 10.1. The summed E-state index contributed by atoms with van der Waals surface area (Å²) in [5.74, 6) is -1.95. The van der Waals surface area contributed by atoms with Crippen molar-refractivity contribution in [1.82, 2.24) is 19.9 Å². The van der Waals surface area contributed by atoms with Gasteiger partial charge >= 0.3 is 5.97 Å². The van der Waals surface area contributed by atoms with E-state index < -0.39 is 23.9 Å². The maximum Gasteiger partial charge on any atom is 0.322 e. The van der Waals surface area contributed by atoms with Crippen molar-refractivity contribution in [2.45, 2.75) is 12.8 Å². The molecule has 128 valence electrons. The van der Waals surface area contributed by atoms with Crippen molar-refractivity contribution in [2.24, 2.45) is 0 Å². The maximum atomic E-state index is 12.4. The molecule has 0 bridgehead atoms. The van der Waals surface area contributed by atoms with Crippen molar-refractivity contribution < 1.29 is 14.7 Å². The first-order chi connectivity index (χ1) is 12.1. The zero-order valence-corrected chi connectivity index (χ0v) is 13.2. The standard InChI is InChI=1S/C17H16N4O4/c22-13-8-12(7-6-11-4-2-1-3-5-11)21-16(19-10-20-21)15(13)17(25)18-9-14(23)24/h1-5,8,10H,6-7,9H2,(H,18,25)(H,19,20)(H,23,24). The van der Waals surface area contributed by atoms with E-state index in [2.05, 4.69) is 15.4 Å². The fourth-order valence-electron chi connectivity index (χ4n) is 2.62. The highest BCUT2D eigenvalue weighted by Crippen LogP contribution is 2.10. The number of carboxylic acids is 1. The number of rotatable bonds is 6. The van der Waals surface area contributed by atoms with Gasteiger partial charge in [-0.3, -0.25) is 19.5 Å². The summed E-state index contributed by atoms with van der Waals surface area (Å²) in [5, 5.41) is 13.7. The number of carbonyl (C=O) groups excluding carboxylic acids is 1. The van der Waals surface area contributed by atoms with E-state index in [1.54, 1.807) is 4.52 Å². The van der Waals surface area contributed by atoms with Gasteiger partial charge in [-0.2, -0.15) is 0 Å². The molecule has 3 rings (SSSR count). The van der Waals surface area contributed by atoms with Gasteiger partial charge in [0.2, 0.25) is 0 Å². The van der Waals surface area contributed by atoms with Crippen LogP contribution in [-0.4, -0.2) is 38.1 Å². The number of hydrogen-bond donors (Lipinski definition) is 3. The molecule has 25 heavy (non-hydrogen) atoms. The summed E-state index contributed by atoms with van der Waals surface area (Å²) in [7, 11) is 0. The van der Waals surface area contributed by atoms with E-state index in [1.165, 1.54) is 12.4 Å². The van der Waals surface area contributed by atoms with Crippen LogP contribution in [0.1, 0.15) is 21.6 Å². The van der Waals surface area contributed by atoms with Gasteiger partial charge in [-0.25, -0.2) is 9.50 Å². The Morgan fingerprint density at radius 3 is 2.68 bits per heavy atom. The molecule has 0 aliphatic carbocycles. The number of fused-ring (bicyclic) bond motifs is 1. The number of amides is 1. The second kappa shape index (κ2) is 7.00. The molecule has 0 spiro atoms. The monoisotopic (exact) mass is 340 g/mol. The summed E-state index contributed by atoms with van der Waals surface area (Å²) < 4.78 is 1.57. The Kier molecular flexibility index (Phi) is 4.60. The van der Waals surface area contributed by atoms with Gasteiger partial charge in [-0.15, -0.1) is 0 Å². The van der Waals surface area contributed by atoms with Gasteiger partial charge < -0.3 is 10.4 Å². The Morgan fingerprint density at radius 1 is 1.20 bits per heavy atom. The first kappa shape index (κ1) is 16.4. The number of aryl methyl sites for hydroxylation is 2. The molecule has 0 fully saturated rings. The third-order valence-electron chi connectivity index (χ3n) is 3.78. The van der Waals surface area contributed by atoms with Crippen LogP contribution in [0.4, 0.5) is 0 Å². The average Bonchev–Trinajstić information content (AvgIpc) is 3.08. The van der Waals surface area contributed by atoms with Crippen molar-refractivity contribution in [3.8, 4) is 0 Å². The third-order valence-corrected chi connectivity index (χ3v) is 3.78. The SMILES string of the molecule is O=C(O)CNC(=O)c1c(=O)cc(CCc2ccccc2)n2[nH]cnc12. The summed E-state index contributed by atoms with van der Waals surface area (Å²) in [4.78, 5) is 39.1. The van der Waals surface area contributed by atoms with Gasteiger partial charge in [0.05, 0.1) is 0 Å². The molecule has 0 unspecified atom stereocenters. The van der Waals surface area contributed by atoms with Crippen molar-refractivity contribution in [1.29, 1.82) is 0 Å². The maximum absolute atomic E-state index is 12.4. The molecular formula is C17H16N4O4. The second-order valence-electron chi connectivity index (χ2n) is 5.48. The van der Waals surface area contributed by atoms with Gasteiger partial charge in [0.25, 0.3) is 5.91 Å². The first-order valence-corrected chi connectivity index (χ1v) is 7.68. The van der Waals surface area contributed by atoms with Crippen LogP contribution >= 0.6 is 0 Å². The van der Waals surface area contributed by atoms with Gasteiger partial charge in [-0.05, 0) is 18.4 Å². The Balaban J connectivity index is 1.91. The molecule has 0 atom stereocenters. The molecule has 0 aliphatic heterocycles. The predicted molar refractivity (Wildman–Crippen MR) is 89.6 cm³/mol. The fourth-order valence-corrected chi connectivity index (χ4v) is 2.62. The van der Waals surface area contributed by atoms with Crippen LogP contribution in [0.3, 0.4) is 0 Å². The molecular weight excluding hydrogens is 324 g/mol. The molecule has 0 saturated carbocycles. The number of H-pyrrole nitrogens is 1. The number of aromatic nitrogens is 3. The summed E-state index contributed by atoms with van der Waals surface area (Å²) in [6.45, 7) is -0.565. The van der Waals surface area contributed by atoms with Crippen molar-refractivity contribution >= 4 is 17.5 Å². The summed E-state index contributed by atoms with van der Waals surface area (Å²) in [6.07, 6.45) is 2.69. The molecule has 0 saturated heterocycles. The summed E-state index contributed by atoms with van der Waals surface area (Å²) in [5.41, 5.74) is 1.34. The molecule has 2 aromatic heterocycles. The predicted octanol–water partition coefficient (Wildman–Crippen LogP) is 0.622. The van der Waals surface area contributed by atoms with E-state index in [0.717, 1.165) is 12.0 Å². The quantitative estimate of drug-likeness (QED) is 0.608. The number of carboxylic acid groups (broad SMARTS) is 1. The molecule has 0 radical (unpaired) electrons. The Labute approximate surface area is 142 Å². The van der Waals surface area contributed by atoms with Gasteiger partial charge in [0, 0.05) is 11.8 Å². The molecule has 2 heterocycles. The van der Waals surface area contributed by atoms with E-state index in [-0.39, 0.29) is 11.2 Å². The lowest BCUT2D eigenvalue weighted by molar-refractivity contribution is -0.135. The number of aromatic amines is 1. The molecule has 0 aliphatic rings. The molecule has 3 aromatic rings. The number of carbonyl (C=O) groups is 2. The zero-order chi connectivity index (χ0) is 17.8. The molecule has 8 nitrogen and oxygen atoms in total. The number of nitrogens with zero attached hydrogens (tertiary/aromatic N) is 2. The number of hydrogen-bond acceptors (Lipinski definition) is 4. The first-order valence-electron chi connectivity index (χ1n) is 7.68. The van der Waals surface area contributed by atoms with E-state index in [4.69, 9.17) is 5.11 Å². The minimum Gasteiger partial charge on any atom is -0.480 e. The van der Waals surface area contributed by atoms with Crippen molar-refractivity contribution in [3.63, 3.8) is 0 Å². The molecule has 3 N–H and O–H groups in total.